The molecular formula is C24H32ClN3O3. The topological polar surface area (TPSA) is 63.6 Å². The van der Waals surface area contributed by atoms with Gasteiger partial charge in [0.1, 0.15) is 0 Å². The summed E-state index contributed by atoms with van der Waals surface area (Å²) in [4.78, 5) is 27.6. The van der Waals surface area contributed by atoms with E-state index in [1.807, 2.05) is 19.1 Å². The van der Waals surface area contributed by atoms with Crippen LogP contribution in [0.25, 0.3) is 10.9 Å². The van der Waals surface area contributed by atoms with Crippen molar-refractivity contribution in [3.8, 4) is 0 Å². The number of hydrogen-bond acceptors (Lipinski definition) is 3. The molecule has 2 aliphatic rings. The number of aromatic nitrogens is 1. The number of carbonyl (C=O) groups is 2. The van der Waals surface area contributed by atoms with Gasteiger partial charge in [0.25, 0.3) is 0 Å². The largest absolute Gasteiger partial charge is 0.380 e. The Morgan fingerprint density at radius 3 is 2.55 bits per heavy atom. The molecule has 0 spiro atoms. The summed E-state index contributed by atoms with van der Waals surface area (Å²) in [6.45, 7) is 3.83. The van der Waals surface area contributed by atoms with Crippen LogP contribution in [-0.4, -0.2) is 48.2 Å². The van der Waals surface area contributed by atoms with E-state index in [1.165, 1.54) is 38.5 Å². The molecule has 0 radical (unpaired) electrons. The summed E-state index contributed by atoms with van der Waals surface area (Å²) in [6, 6.07) is 5.30. The van der Waals surface area contributed by atoms with Crippen LogP contribution in [0.5, 0.6) is 0 Å². The molecule has 1 aromatic heterocycles. The van der Waals surface area contributed by atoms with Gasteiger partial charge >= 0.3 is 6.03 Å². The molecule has 1 aliphatic heterocycles. The van der Waals surface area contributed by atoms with Gasteiger partial charge in [-0.1, -0.05) is 43.4 Å². The molecule has 7 heteroatoms. The molecule has 1 N–H and O–H groups in total. The number of rotatable bonds is 5. The SMILES string of the molecule is CCN(C)C(=O)n1cc(NC(=O)CC2(C3CCCCCC3)COC2)c2c(Cl)cccc21. The quantitative estimate of drug-likeness (QED) is 0.615. The van der Waals surface area contributed by atoms with E-state index in [2.05, 4.69) is 5.32 Å². The van der Waals surface area contributed by atoms with Gasteiger partial charge in [-0.15, -0.1) is 0 Å². The number of benzene rings is 1. The van der Waals surface area contributed by atoms with Gasteiger partial charge in [0.15, 0.2) is 0 Å². The molecule has 1 aromatic carbocycles. The highest BCUT2D eigenvalue weighted by Gasteiger charge is 2.46. The Balaban J connectivity index is 1.58. The molecule has 2 amide bonds. The lowest BCUT2D eigenvalue weighted by Crippen LogP contribution is -2.50. The molecule has 6 nitrogen and oxygen atoms in total. The van der Waals surface area contributed by atoms with Crippen molar-refractivity contribution < 1.29 is 14.3 Å². The second-order valence-corrected chi connectivity index (χ2v) is 9.52. The van der Waals surface area contributed by atoms with Gasteiger partial charge in [0, 0.05) is 37.0 Å². The number of hydrogen-bond donors (Lipinski definition) is 1. The number of carbonyl (C=O) groups excluding carboxylic acids is 2. The minimum absolute atomic E-state index is 0.0391. The molecule has 2 heterocycles. The monoisotopic (exact) mass is 445 g/mol. The lowest BCUT2D eigenvalue weighted by Gasteiger charge is -2.47. The standard InChI is InChI=1S/C24H32ClN3O3/c1-3-27(2)23(30)28-14-19(22-18(25)11-8-12-20(22)28)26-21(29)13-24(15-31-16-24)17-9-6-4-5-7-10-17/h8,11-12,14,17H,3-7,9-10,13,15-16H2,1-2H3,(H,26,29). The van der Waals surface area contributed by atoms with Crippen LogP contribution in [0, 0.1) is 11.3 Å². The third-order valence-corrected chi connectivity index (χ3v) is 7.39. The van der Waals surface area contributed by atoms with Crippen LogP contribution in [0.3, 0.4) is 0 Å². The second kappa shape index (κ2) is 9.21. The van der Waals surface area contributed by atoms with Crippen molar-refractivity contribution in [3.63, 3.8) is 0 Å². The van der Waals surface area contributed by atoms with E-state index in [1.54, 1.807) is 28.8 Å². The summed E-state index contributed by atoms with van der Waals surface area (Å²) in [5, 5.41) is 4.28. The smallest absolute Gasteiger partial charge is 0.328 e. The molecule has 0 atom stereocenters. The van der Waals surface area contributed by atoms with Crippen LogP contribution >= 0.6 is 11.6 Å². The summed E-state index contributed by atoms with van der Waals surface area (Å²) < 4.78 is 7.15. The fraction of sp³-hybridized carbons (Fsp3) is 0.583. The number of nitrogens with zero attached hydrogens (tertiary/aromatic N) is 2. The third-order valence-electron chi connectivity index (χ3n) is 7.07. The summed E-state index contributed by atoms with van der Waals surface area (Å²) >= 11 is 6.48. The molecule has 2 fully saturated rings. The van der Waals surface area contributed by atoms with E-state index in [0.717, 1.165) is 0 Å². The zero-order chi connectivity index (χ0) is 22.0. The summed E-state index contributed by atoms with van der Waals surface area (Å²) in [7, 11) is 1.75. The van der Waals surface area contributed by atoms with E-state index < -0.39 is 0 Å². The first-order chi connectivity index (χ1) is 14.9. The molecule has 4 rings (SSSR count). The predicted molar refractivity (Wildman–Crippen MR) is 124 cm³/mol. The van der Waals surface area contributed by atoms with Gasteiger partial charge in [0.2, 0.25) is 5.91 Å². The van der Waals surface area contributed by atoms with Gasteiger partial charge in [-0.2, -0.15) is 0 Å². The maximum absolute atomic E-state index is 13.2. The van der Waals surface area contributed by atoms with Crippen LogP contribution in [-0.2, 0) is 9.53 Å². The molecule has 0 bridgehead atoms. The van der Waals surface area contributed by atoms with E-state index >= 15 is 0 Å². The summed E-state index contributed by atoms with van der Waals surface area (Å²) in [5.74, 6) is 0.502. The number of ether oxygens (including phenoxy) is 1. The van der Waals surface area contributed by atoms with Crippen LogP contribution in [0.2, 0.25) is 5.02 Å². The molecule has 31 heavy (non-hydrogen) atoms. The molecule has 1 aliphatic carbocycles. The van der Waals surface area contributed by atoms with Crippen molar-refractivity contribution in [1.29, 1.82) is 0 Å². The van der Waals surface area contributed by atoms with Gasteiger partial charge in [-0.25, -0.2) is 4.79 Å². The first-order valence-corrected chi connectivity index (χ1v) is 11.8. The maximum atomic E-state index is 13.2. The fourth-order valence-electron chi connectivity index (χ4n) is 5.07. The first-order valence-electron chi connectivity index (χ1n) is 11.4. The molecule has 0 unspecified atom stereocenters. The van der Waals surface area contributed by atoms with E-state index in [4.69, 9.17) is 16.3 Å². The van der Waals surface area contributed by atoms with Crippen molar-refractivity contribution in [1.82, 2.24) is 9.47 Å². The van der Waals surface area contributed by atoms with E-state index in [9.17, 15) is 9.59 Å². The highest BCUT2D eigenvalue weighted by Crippen LogP contribution is 2.46. The average molecular weight is 446 g/mol. The van der Waals surface area contributed by atoms with E-state index in [-0.39, 0.29) is 17.4 Å². The maximum Gasteiger partial charge on any atom is 0.328 e. The van der Waals surface area contributed by atoms with Crippen LogP contribution < -0.4 is 5.32 Å². The Kier molecular flexibility index (Phi) is 6.58. The zero-order valence-electron chi connectivity index (χ0n) is 18.5. The number of fused-ring (bicyclic) bond motifs is 1. The number of halogens is 1. The number of nitrogens with one attached hydrogen (secondary N) is 1. The van der Waals surface area contributed by atoms with Crippen molar-refractivity contribution in [3.05, 3.63) is 29.4 Å². The van der Waals surface area contributed by atoms with Crippen LogP contribution in [0.4, 0.5) is 10.5 Å². The lowest BCUT2D eigenvalue weighted by atomic mass is 9.68. The third kappa shape index (κ3) is 4.33. The Morgan fingerprint density at radius 1 is 1.23 bits per heavy atom. The Labute approximate surface area is 188 Å². The molecular weight excluding hydrogens is 414 g/mol. The summed E-state index contributed by atoms with van der Waals surface area (Å²) in [6.07, 6.45) is 9.56. The minimum atomic E-state index is -0.155. The van der Waals surface area contributed by atoms with Gasteiger partial charge in [-0.05, 0) is 37.8 Å². The lowest BCUT2D eigenvalue weighted by molar-refractivity contribution is -0.160. The van der Waals surface area contributed by atoms with Gasteiger partial charge in [-0.3, -0.25) is 9.36 Å². The van der Waals surface area contributed by atoms with Gasteiger partial charge < -0.3 is 15.0 Å². The Bertz CT molecular complexity index is 958. The van der Waals surface area contributed by atoms with Crippen molar-refractivity contribution >= 4 is 40.1 Å². The molecule has 168 valence electrons. The Hall–Kier alpha value is -2.05. The first kappa shape index (κ1) is 22.2. The molecule has 1 saturated carbocycles. The number of amides is 2. The van der Waals surface area contributed by atoms with Crippen molar-refractivity contribution in [2.75, 3.05) is 32.1 Å². The normalized spacial score (nSPS) is 18.9. The summed E-state index contributed by atoms with van der Waals surface area (Å²) in [5.41, 5.74) is 1.22. The van der Waals surface area contributed by atoms with Crippen LogP contribution in [0.1, 0.15) is 51.9 Å². The number of anilines is 1. The average Bonchev–Trinajstić information content (AvgIpc) is 2.90. The van der Waals surface area contributed by atoms with Crippen LogP contribution in [0.15, 0.2) is 24.4 Å². The zero-order valence-corrected chi connectivity index (χ0v) is 19.2. The minimum Gasteiger partial charge on any atom is -0.380 e. The molecule has 2 aromatic rings. The highest BCUT2D eigenvalue weighted by atomic mass is 35.5. The van der Waals surface area contributed by atoms with E-state index in [0.29, 0.717) is 53.7 Å². The predicted octanol–water partition coefficient (Wildman–Crippen LogP) is 5.53. The van der Waals surface area contributed by atoms with Crippen molar-refractivity contribution in [2.45, 2.75) is 51.9 Å². The van der Waals surface area contributed by atoms with Gasteiger partial charge in [0.05, 0.1) is 29.4 Å². The Morgan fingerprint density at radius 2 is 1.94 bits per heavy atom. The highest BCUT2D eigenvalue weighted by molar-refractivity contribution is 6.37. The molecule has 1 saturated heterocycles. The second-order valence-electron chi connectivity index (χ2n) is 9.11. The fourth-order valence-corrected chi connectivity index (χ4v) is 5.34. The van der Waals surface area contributed by atoms with Crippen molar-refractivity contribution in [2.24, 2.45) is 11.3 Å².